The summed E-state index contributed by atoms with van der Waals surface area (Å²) in [6, 6.07) is 11.3. The first-order chi connectivity index (χ1) is 10.2. The van der Waals surface area contributed by atoms with Gasteiger partial charge in [-0.1, -0.05) is 12.1 Å². The van der Waals surface area contributed by atoms with E-state index >= 15 is 0 Å². The van der Waals surface area contributed by atoms with Gasteiger partial charge in [-0.05, 0) is 41.8 Å². The Morgan fingerprint density at radius 3 is 2.43 bits per heavy atom. The Kier molecular flexibility index (Phi) is 5.29. The zero-order valence-electron chi connectivity index (χ0n) is 12.1. The SMILES string of the molecule is CN(CCc1ccncc1)C(=O)Nc1ccc(CN)cc1. The third-order valence-electron chi connectivity index (χ3n) is 3.27. The van der Waals surface area contributed by atoms with Gasteiger partial charge in [0.1, 0.15) is 0 Å². The molecule has 0 fully saturated rings. The lowest BCUT2D eigenvalue weighted by molar-refractivity contribution is 0.223. The Morgan fingerprint density at radius 1 is 1.14 bits per heavy atom. The third-order valence-corrected chi connectivity index (χ3v) is 3.27. The van der Waals surface area contributed by atoms with Gasteiger partial charge in [0.15, 0.2) is 0 Å². The van der Waals surface area contributed by atoms with E-state index in [0.29, 0.717) is 13.1 Å². The lowest BCUT2D eigenvalue weighted by Gasteiger charge is -2.18. The molecule has 3 N–H and O–H groups in total. The van der Waals surface area contributed by atoms with Crippen LogP contribution >= 0.6 is 0 Å². The van der Waals surface area contributed by atoms with Crippen LogP contribution in [0, 0.1) is 0 Å². The maximum atomic E-state index is 12.1. The molecular formula is C16H20N4O. The number of carbonyl (C=O) groups excluding carboxylic acids is 1. The largest absolute Gasteiger partial charge is 0.327 e. The molecule has 2 aromatic rings. The summed E-state index contributed by atoms with van der Waals surface area (Å²) < 4.78 is 0. The highest BCUT2D eigenvalue weighted by atomic mass is 16.2. The third kappa shape index (κ3) is 4.57. The zero-order valence-corrected chi connectivity index (χ0v) is 12.1. The highest BCUT2D eigenvalue weighted by molar-refractivity contribution is 5.89. The fourth-order valence-corrected chi connectivity index (χ4v) is 1.89. The minimum absolute atomic E-state index is 0.121. The molecular weight excluding hydrogens is 264 g/mol. The molecule has 1 aromatic carbocycles. The maximum Gasteiger partial charge on any atom is 0.321 e. The van der Waals surface area contributed by atoms with Gasteiger partial charge >= 0.3 is 6.03 Å². The van der Waals surface area contributed by atoms with Gasteiger partial charge in [0.2, 0.25) is 0 Å². The molecule has 1 heterocycles. The van der Waals surface area contributed by atoms with Crippen molar-refractivity contribution in [2.45, 2.75) is 13.0 Å². The number of carbonyl (C=O) groups is 1. The second kappa shape index (κ2) is 7.40. The van der Waals surface area contributed by atoms with Crippen molar-refractivity contribution in [3.63, 3.8) is 0 Å². The molecule has 0 aliphatic rings. The average Bonchev–Trinajstić information content (AvgIpc) is 2.54. The number of likely N-dealkylation sites (N-methyl/N-ethyl adjacent to an activating group) is 1. The topological polar surface area (TPSA) is 71.2 Å². The monoisotopic (exact) mass is 284 g/mol. The van der Waals surface area contributed by atoms with Gasteiger partial charge in [-0.15, -0.1) is 0 Å². The second-order valence-corrected chi connectivity index (χ2v) is 4.86. The first-order valence-electron chi connectivity index (χ1n) is 6.89. The lowest BCUT2D eigenvalue weighted by atomic mass is 10.2. The molecule has 2 rings (SSSR count). The van der Waals surface area contributed by atoms with Crippen molar-refractivity contribution < 1.29 is 4.79 Å². The lowest BCUT2D eigenvalue weighted by Crippen LogP contribution is -2.32. The molecule has 2 amide bonds. The molecule has 5 nitrogen and oxygen atoms in total. The molecule has 110 valence electrons. The summed E-state index contributed by atoms with van der Waals surface area (Å²) in [6.45, 7) is 1.15. The quantitative estimate of drug-likeness (QED) is 0.884. The summed E-state index contributed by atoms with van der Waals surface area (Å²) >= 11 is 0. The van der Waals surface area contributed by atoms with Crippen molar-refractivity contribution in [2.75, 3.05) is 18.9 Å². The van der Waals surface area contributed by atoms with E-state index in [1.807, 2.05) is 36.4 Å². The minimum Gasteiger partial charge on any atom is -0.327 e. The summed E-state index contributed by atoms with van der Waals surface area (Å²) in [6.07, 6.45) is 4.32. The highest BCUT2D eigenvalue weighted by Crippen LogP contribution is 2.10. The Bertz CT molecular complexity index is 569. The second-order valence-electron chi connectivity index (χ2n) is 4.86. The van der Waals surface area contributed by atoms with E-state index in [1.165, 1.54) is 0 Å². The van der Waals surface area contributed by atoms with Crippen LogP contribution in [-0.2, 0) is 13.0 Å². The van der Waals surface area contributed by atoms with Crippen LogP contribution in [0.2, 0.25) is 0 Å². The summed E-state index contributed by atoms with van der Waals surface area (Å²) in [4.78, 5) is 17.7. The average molecular weight is 284 g/mol. The molecule has 0 bridgehead atoms. The Balaban J connectivity index is 1.84. The van der Waals surface area contributed by atoms with Gasteiger partial charge < -0.3 is 16.0 Å². The first kappa shape index (κ1) is 15.0. The molecule has 0 aliphatic carbocycles. The normalized spacial score (nSPS) is 10.2. The summed E-state index contributed by atoms with van der Waals surface area (Å²) in [7, 11) is 1.78. The Morgan fingerprint density at radius 2 is 1.81 bits per heavy atom. The van der Waals surface area contributed by atoms with Crippen molar-refractivity contribution in [1.82, 2.24) is 9.88 Å². The van der Waals surface area contributed by atoms with Crippen molar-refractivity contribution >= 4 is 11.7 Å². The number of nitrogens with zero attached hydrogens (tertiary/aromatic N) is 2. The van der Waals surface area contributed by atoms with E-state index in [1.54, 1.807) is 24.3 Å². The molecule has 0 aliphatic heterocycles. The number of benzene rings is 1. The number of nitrogens with two attached hydrogens (primary N) is 1. The van der Waals surface area contributed by atoms with Crippen LogP contribution < -0.4 is 11.1 Å². The van der Waals surface area contributed by atoms with Crippen LogP contribution in [0.4, 0.5) is 10.5 Å². The van der Waals surface area contributed by atoms with Crippen molar-refractivity contribution in [2.24, 2.45) is 5.73 Å². The molecule has 0 radical (unpaired) electrons. The molecule has 1 aromatic heterocycles. The van der Waals surface area contributed by atoms with Crippen LogP contribution in [0.1, 0.15) is 11.1 Å². The fraction of sp³-hybridized carbons (Fsp3) is 0.250. The molecule has 0 unspecified atom stereocenters. The number of nitrogens with one attached hydrogen (secondary N) is 1. The molecule has 0 atom stereocenters. The van der Waals surface area contributed by atoms with Gasteiger partial charge in [0, 0.05) is 38.2 Å². The van der Waals surface area contributed by atoms with Gasteiger partial charge in [-0.25, -0.2) is 4.79 Å². The standard InChI is InChI=1S/C16H20N4O/c1-20(11-8-13-6-9-18-10-7-13)16(21)19-15-4-2-14(12-17)3-5-15/h2-7,9-10H,8,11-12,17H2,1H3,(H,19,21). The van der Waals surface area contributed by atoms with Crippen LogP contribution in [0.3, 0.4) is 0 Å². The predicted octanol–water partition coefficient (Wildman–Crippen LogP) is 2.25. The number of pyridine rings is 1. The van der Waals surface area contributed by atoms with E-state index < -0.39 is 0 Å². The van der Waals surface area contributed by atoms with Crippen LogP contribution in [0.15, 0.2) is 48.8 Å². The van der Waals surface area contributed by atoms with Crippen LogP contribution in [0.25, 0.3) is 0 Å². The van der Waals surface area contributed by atoms with Crippen molar-refractivity contribution in [1.29, 1.82) is 0 Å². The molecule has 0 spiro atoms. The van der Waals surface area contributed by atoms with E-state index in [2.05, 4.69) is 10.3 Å². The minimum atomic E-state index is -0.121. The van der Waals surface area contributed by atoms with Crippen LogP contribution in [-0.4, -0.2) is 29.5 Å². The molecule has 0 saturated heterocycles. The van der Waals surface area contributed by atoms with Gasteiger partial charge in [-0.3, -0.25) is 4.98 Å². The van der Waals surface area contributed by atoms with Crippen LogP contribution in [0.5, 0.6) is 0 Å². The number of hydrogen-bond donors (Lipinski definition) is 2. The van der Waals surface area contributed by atoms with E-state index in [-0.39, 0.29) is 6.03 Å². The molecule has 21 heavy (non-hydrogen) atoms. The van der Waals surface area contributed by atoms with Crippen molar-refractivity contribution in [3.8, 4) is 0 Å². The first-order valence-corrected chi connectivity index (χ1v) is 6.89. The number of anilines is 1. The number of hydrogen-bond acceptors (Lipinski definition) is 3. The molecule has 5 heteroatoms. The van der Waals surface area contributed by atoms with Gasteiger partial charge in [0.05, 0.1) is 0 Å². The van der Waals surface area contributed by atoms with Gasteiger partial charge in [0.25, 0.3) is 0 Å². The highest BCUT2D eigenvalue weighted by Gasteiger charge is 2.08. The Hall–Kier alpha value is -2.40. The fourth-order valence-electron chi connectivity index (χ4n) is 1.89. The number of amides is 2. The van der Waals surface area contributed by atoms with E-state index in [9.17, 15) is 4.79 Å². The predicted molar refractivity (Wildman–Crippen MR) is 83.9 cm³/mol. The molecule has 0 saturated carbocycles. The summed E-state index contributed by atoms with van der Waals surface area (Å²) in [5.74, 6) is 0. The smallest absolute Gasteiger partial charge is 0.321 e. The maximum absolute atomic E-state index is 12.1. The number of rotatable bonds is 5. The number of aromatic nitrogens is 1. The summed E-state index contributed by atoms with van der Waals surface area (Å²) in [5, 5.41) is 2.86. The van der Waals surface area contributed by atoms with Gasteiger partial charge in [-0.2, -0.15) is 0 Å². The van der Waals surface area contributed by atoms with E-state index in [0.717, 1.165) is 23.2 Å². The number of urea groups is 1. The van der Waals surface area contributed by atoms with Crippen molar-refractivity contribution in [3.05, 3.63) is 59.9 Å². The van der Waals surface area contributed by atoms with E-state index in [4.69, 9.17) is 5.73 Å². The Labute approximate surface area is 124 Å². The zero-order chi connectivity index (χ0) is 15.1. The summed E-state index contributed by atoms with van der Waals surface area (Å²) in [5.41, 5.74) is 8.52.